The minimum atomic E-state index is -2.00. The first kappa shape index (κ1) is 55.0. The quantitative estimate of drug-likeness (QED) is 0.0580. The standard InChI is InChI=1S/C54H75N7O9/c1-7-25-54(52(55)68,60-51(67)42(24-23-38-17-11-8-12-18-38)56-46(62)34-61-26-28-69-29-27-61)41(32-39-19-13-9-14-20-39)48(64)58-44(31-37(4)5)49(65)59-45(33-40-21-15-10-16-22-40)50(66)57-43(30-36(2)3)47(63)53(6)35-70-53/h8-22,36-37,41-45H,7,23-35H2,1-6H3,(H2,55,68)(H,56,62)(H,57,66)(H,58,64)(H,59,65)(H,60,67)/t41-,42+,43+,44+,45+,53-,54?/m1/s1. The van der Waals surface area contributed by atoms with Gasteiger partial charge >= 0.3 is 0 Å². The third-order valence-corrected chi connectivity index (χ3v) is 13.0. The second-order valence-corrected chi connectivity index (χ2v) is 19.9. The second-order valence-electron chi connectivity index (χ2n) is 19.9. The van der Waals surface area contributed by atoms with Gasteiger partial charge in [0.05, 0.1) is 38.3 Å². The molecular formula is C54H75N7O9. The highest BCUT2D eigenvalue weighted by Crippen LogP contribution is 2.31. The average molecular weight is 966 g/mol. The first-order valence-corrected chi connectivity index (χ1v) is 24.9. The molecule has 2 saturated heterocycles. The van der Waals surface area contributed by atoms with Crippen LogP contribution in [0, 0.1) is 17.8 Å². The summed E-state index contributed by atoms with van der Waals surface area (Å²) < 4.78 is 10.9. The van der Waals surface area contributed by atoms with Crippen molar-refractivity contribution >= 4 is 41.2 Å². The fourth-order valence-corrected chi connectivity index (χ4v) is 9.05. The van der Waals surface area contributed by atoms with Crippen molar-refractivity contribution in [2.45, 2.75) is 128 Å². The molecule has 2 aliphatic heterocycles. The Morgan fingerprint density at radius 1 is 0.657 bits per heavy atom. The molecule has 7 N–H and O–H groups in total. The number of ketones is 1. The van der Waals surface area contributed by atoms with Crippen molar-refractivity contribution in [3.05, 3.63) is 108 Å². The minimum Gasteiger partial charge on any atom is -0.379 e. The molecule has 2 heterocycles. The van der Waals surface area contributed by atoms with Crippen LogP contribution in [0.15, 0.2) is 91.0 Å². The lowest BCUT2D eigenvalue weighted by Gasteiger charge is -2.40. The van der Waals surface area contributed by atoms with Crippen molar-refractivity contribution in [1.29, 1.82) is 0 Å². The van der Waals surface area contributed by atoms with Gasteiger partial charge in [-0.25, -0.2) is 0 Å². The number of rotatable bonds is 28. The van der Waals surface area contributed by atoms with E-state index >= 15 is 4.79 Å². The van der Waals surface area contributed by atoms with E-state index in [1.807, 2.05) is 106 Å². The molecule has 0 aliphatic carbocycles. The van der Waals surface area contributed by atoms with Crippen LogP contribution in [0.2, 0.25) is 0 Å². The number of hydrogen-bond acceptors (Lipinski definition) is 10. The van der Waals surface area contributed by atoms with Crippen molar-refractivity contribution in [3.8, 4) is 0 Å². The number of Topliss-reactive ketones (excluding diaryl/α,β-unsaturated/α-hetero) is 1. The van der Waals surface area contributed by atoms with Crippen molar-refractivity contribution in [1.82, 2.24) is 31.5 Å². The highest BCUT2D eigenvalue weighted by Gasteiger charge is 2.51. The molecule has 1 unspecified atom stereocenters. The molecule has 5 rings (SSSR count). The zero-order chi connectivity index (χ0) is 50.8. The number of amides is 6. The number of morpholine rings is 1. The van der Waals surface area contributed by atoms with E-state index in [1.165, 1.54) is 0 Å². The van der Waals surface area contributed by atoms with Gasteiger partial charge in [-0.15, -0.1) is 0 Å². The summed E-state index contributed by atoms with van der Waals surface area (Å²) in [6.45, 7) is 13.5. The van der Waals surface area contributed by atoms with E-state index in [-0.39, 0.29) is 68.8 Å². The fourth-order valence-electron chi connectivity index (χ4n) is 9.05. The fraction of sp³-hybridized carbons (Fsp3) is 0.537. The van der Waals surface area contributed by atoms with Crippen LogP contribution in [0.4, 0.5) is 0 Å². The van der Waals surface area contributed by atoms with Gasteiger partial charge in [-0.3, -0.25) is 38.5 Å². The lowest BCUT2D eigenvalue weighted by atomic mass is 9.75. The molecule has 0 saturated carbocycles. The molecule has 7 atom stereocenters. The first-order valence-electron chi connectivity index (χ1n) is 24.9. The minimum absolute atomic E-state index is 0.0334. The molecule has 0 bridgehead atoms. The number of aryl methyl sites for hydroxylation is 1. The smallest absolute Gasteiger partial charge is 0.244 e. The number of benzene rings is 3. The summed E-state index contributed by atoms with van der Waals surface area (Å²) in [6, 6.07) is 23.3. The molecule has 0 aromatic heterocycles. The van der Waals surface area contributed by atoms with E-state index in [0.717, 1.165) is 11.1 Å². The van der Waals surface area contributed by atoms with Gasteiger partial charge in [-0.05, 0) is 74.0 Å². The van der Waals surface area contributed by atoms with Gasteiger partial charge in [-0.1, -0.05) is 132 Å². The van der Waals surface area contributed by atoms with Crippen LogP contribution in [0.5, 0.6) is 0 Å². The molecule has 380 valence electrons. The maximum atomic E-state index is 15.2. The van der Waals surface area contributed by atoms with E-state index in [4.69, 9.17) is 15.2 Å². The van der Waals surface area contributed by atoms with Gasteiger partial charge in [0.25, 0.3) is 0 Å². The van der Waals surface area contributed by atoms with Gasteiger partial charge < -0.3 is 41.8 Å². The Bertz CT molecular complexity index is 2200. The van der Waals surface area contributed by atoms with Gasteiger partial charge in [0.15, 0.2) is 5.78 Å². The number of epoxide rings is 1. The summed E-state index contributed by atoms with van der Waals surface area (Å²) in [6.07, 6.45) is 1.38. The van der Waals surface area contributed by atoms with Gasteiger partial charge in [0.2, 0.25) is 35.4 Å². The van der Waals surface area contributed by atoms with E-state index in [2.05, 4.69) is 26.6 Å². The number of ether oxygens (including phenoxy) is 2. The lowest BCUT2D eigenvalue weighted by Crippen LogP contribution is -2.68. The van der Waals surface area contributed by atoms with E-state index in [9.17, 15) is 28.8 Å². The molecule has 2 fully saturated rings. The number of carbonyl (C=O) groups excluding carboxylic acids is 7. The van der Waals surface area contributed by atoms with Gasteiger partial charge in [0.1, 0.15) is 29.3 Å². The summed E-state index contributed by atoms with van der Waals surface area (Å²) in [5.74, 6) is -5.67. The number of primary amides is 1. The monoisotopic (exact) mass is 966 g/mol. The summed E-state index contributed by atoms with van der Waals surface area (Å²) in [5, 5.41) is 14.6. The van der Waals surface area contributed by atoms with E-state index in [0.29, 0.717) is 51.1 Å². The first-order chi connectivity index (χ1) is 33.4. The molecule has 6 amide bonds. The predicted molar refractivity (Wildman–Crippen MR) is 267 cm³/mol. The Kier molecular flexibility index (Phi) is 20.6. The zero-order valence-corrected chi connectivity index (χ0v) is 41.8. The number of hydrogen-bond donors (Lipinski definition) is 6. The molecule has 16 nitrogen and oxygen atoms in total. The lowest BCUT2D eigenvalue weighted by molar-refractivity contribution is -0.143. The molecule has 70 heavy (non-hydrogen) atoms. The molecule has 2 aliphatic rings. The zero-order valence-electron chi connectivity index (χ0n) is 41.8. The Balaban J connectivity index is 1.47. The van der Waals surface area contributed by atoms with E-state index < -0.39 is 70.8 Å². The molecule has 3 aromatic carbocycles. The number of carbonyl (C=O) groups is 7. The van der Waals surface area contributed by atoms with Gasteiger partial charge in [-0.2, -0.15) is 0 Å². The van der Waals surface area contributed by atoms with Crippen molar-refractivity contribution in [3.63, 3.8) is 0 Å². The Labute approximate surface area is 413 Å². The number of nitrogens with zero attached hydrogens (tertiary/aromatic N) is 1. The van der Waals surface area contributed by atoms with Crippen LogP contribution in [0.25, 0.3) is 0 Å². The largest absolute Gasteiger partial charge is 0.379 e. The molecule has 0 radical (unpaired) electrons. The van der Waals surface area contributed by atoms with Crippen LogP contribution < -0.4 is 32.3 Å². The van der Waals surface area contributed by atoms with Crippen LogP contribution in [0.1, 0.15) is 90.3 Å². The van der Waals surface area contributed by atoms with Crippen LogP contribution in [0.3, 0.4) is 0 Å². The molecule has 3 aromatic rings. The summed E-state index contributed by atoms with van der Waals surface area (Å²) in [4.78, 5) is 102. The molecule has 0 spiro atoms. The number of nitrogens with one attached hydrogen (secondary N) is 5. The summed E-state index contributed by atoms with van der Waals surface area (Å²) in [5.41, 5.74) is 5.71. The van der Waals surface area contributed by atoms with Crippen LogP contribution in [-0.2, 0) is 62.3 Å². The highest BCUT2D eigenvalue weighted by molar-refractivity contribution is 6.00. The topological polar surface area (TPSA) is 231 Å². The maximum Gasteiger partial charge on any atom is 0.244 e. The van der Waals surface area contributed by atoms with Crippen LogP contribution >= 0.6 is 0 Å². The third-order valence-electron chi connectivity index (χ3n) is 13.0. The number of nitrogens with two attached hydrogens (primary N) is 1. The maximum absolute atomic E-state index is 15.2. The summed E-state index contributed by atoms with van der Waals surface area (Å²) >= 11 is 0. The third kappa shape index (κ3) is 16.3. The summed E-state index contributed by atoms with van der Waals surface area (Å²) in [7, 11) is 0. The van der Waals surface area contributed by atoms with Crippen molar-refractivity contribution < 1.29 is 43.0 Å². The van der Waals surface area contributed by atoms with Crippen molar-refractivity contribution in [2.75, 3.05) is 39.5 Å². The predicted octanol–water partition coefficient (Wildman–Crippen LogP) is 3.58. The molecular weight excluding hydrogens is 891 g/mol. The van der Waals surface area contributed by atoms with E-state index in [1.54, 1.807) is 31.2 Å². The second kappa shape index (κ2) is 26.3. The SMILES string of the molecule is CCCC(NC(=O)[C@H](CCc1ccccc1)NC(=O)CN1CCOCC1)(C(N)=O)[C@H](Cc1ccccc1)C(=O)N[C@@H](CC(C)C)C(=O)N[C@@H](Cc1ccccc1)C(=O)N[C@@H](CC(C)C)C(=O)[C@@]1(C)CO1. The van der Waals surface area contributed by atoms with Crippen LogP contribution in [-0.4, -0.2) is 121 Å². The normalized spacial score (nSPS) is 18.8. The Hall–Kier alpha value is -5.97. The highest BCUT2D eigenvalue weighted by atomic mass is 16.6. The average Bonchev–Trinajstić information content (AvgIpc) is 4.09. The van der Waals surface area contributed by atoms with Gasteiger partial charge in [0, 0.05) is 19.5 Å². The van der Waals surface area contributed by atoms with Crippen molar-refractivity contribution in [2.24, 2.45) is 23.5 Å². The Morgan fingerprint density at radius 3 is 1.69 bits per heavy atom. The molecule has 16 heteroatoms. The Morgan fingerprint density at radius 2 is 1.16 bits per heavy atom.